The highest BCUT2D eigenvalue weighted by Crippen LogP contribution is 2.68. The van der Waals surface area contributed by atoms with Gasteiger partial charge in [-0.05, 0) is 11.8 Å². The Morgan fingerprint density at radius 3 is 2.00 bits per heavy atom. The molecule has 4 N–H and O–H groups in total. The third-order valence-electron chi connectivity index (χ3n) is 3.99. The molecule has 1 aliphatic heterocycles. The van der Waals surface area contributed by atoms with E-state index in [1.165, 1.54) is 0 Å². The van der Waals surface area contributed by atoms with E-state index >= 15 is 0 Å². The first-order valence-electron chi connectivity index (χ1n) is 4.61. The molecule has 1 aliphatic carbocycles. The summed E-state index contributed by atoms with van der Waals surface area (Å²) in [7, 11) is 0. The van der Waals surface area contributed by atoms with Crippen LogP contribution in [0.25, 0.3) is 0 Å². The molecule has 1 unspecified atom stereocenters. The highest BCUT2D eigenvalue weighted by atomic mass is 16.3. The third kappa shape index (κ3) is 0.721. The molecule has 2 fully saturated rings. The van der Waals surface area contributed by atoms with Crippen molar-refractivity contribution in [1.29, 1.82) is 0 Å². The first kappa shape index (κ1) is 8.48. The molecule has 0 spiro atoms. The average molecular weight is 170 g/mol. The Morgan fingerprint density at radius 2 is 1.92 bits per heavy atom. The van der Waals surface area contributed by atoms with E-state index < -0.39 is 5.60 Å². The number of nitrogens with two attached hydrogens (primary N) is 1. The predicted octanol–water partition coefficient (Wildman–Crippen LogP) is -0.304. The highest BCUT2D eigenvalue weighted by Gasteiger charge is 2.71. The van der Waals surface area contributed by atoms with Crippen molar-refractivity contribution in [3.63, 3.8) is 0 Å². The van der Waals surface area contributed by atoms with Crippen LogP contribution in [0.3, 0.4) is 0 Å². The van der Waals surface area contributed by atoms with Gasteiger partial charge in [0.05, 0.1) is 5.60 Å². The van der Waals surface area contributed by atoms with Crippen molar-refractivity contribution in [1.82, 2.24) is 5.32 Å². The van der Waals surface area contributed by atoms with Gasteiger partial charge in [0.25, 0.3) is 0 Å². The van der Waals surface area contributed by atoms with Crippen LogP contribution in [0.4, 0.5) is 0 Å². The standard InChI is InChI=1S/C9H18N2O/c1-7(2)3-8(7,4-10)9(12)5-11-6-9/h11-12H,3-6,10H2,1-2H3. The van der Waals surface area contributed by atoms with E-state index in [0.717, 1.165) is 6.42 Å². The molecule has 12 heavy (non-hydrogen) atoms. The monoisotopic (exact) mass is 170 g/mol. The molecular weight excluding hydrogens is 152 g/mol. The van der Waals surface area contributed by atoms with Gasteiger partial charge in [0.2, 0.25) is 0 Å². The summed E-state index contributed by atoms with van der Waals surface area (Å²) in [6, 6.07) is 0. The zero-order chi connectivity index (χ0) is 9.04. The van der Waals surface area contributed by atoms with Crippen LogP contribution in [0.1, 0.15) is 20.3 Å². The number of rotatable bonds is 2. The maximum atomic E-state index is 10.2. The second-order valence-electron chi connectivity index (χ2n) is 4.98. The molecule has 0 amide bonds. The van der Waals surface area contributed by atoms with E-state index in [-0.39, 0.29) is 10.8 Å². The van der Waals surface area contributed by atoms with Crippen molar-refractivity contribution in [3.05, 3.63) is 0 Å². The molecule has 1 saturated heterocycles. The minimum atomic E-state index is -0.523. The van der Waals surface area contributed by atoms with E-state index in [9.17, 15) is 5.11 Å². The molecule has 1 saturated carbocycles. The number of hydrogen-bond acceptors (Lipinski definition) is 3. The summed E-state index contributed by atoms with van der Waals surface area (Å²) in [5.74, 6) is 0. The molecule has 0 aromatic rings. The van der Waals surface area contributed by atoms with Crippen LogP contribution in [0.5, 0.6) is 0 Å². The third-order valence-corrected chi connectivity index (χ3v) is 3.99. The summed E-state index contributed by atoms with van der Waals surface area (Å²) in [5, 5.41) is 13.3. The molecule has 1 atom stereocenters. The summed E-state index contributed by atoms with van der Waals surface area (Å²) in [4.78, 5) is 0. The maximum Gasteiger partial charge on any atom is 0.0968 e. The van der Waals surface area contributed by atoms with Crippen molar-refractivity contribution in [2.75, 3.05) is 19.6 Å². The summed E-state index contributed by atoms with van der Waals surface area (Å²) in [6.07, 6.45) is 1.06. The second kappa shape index (κ2) is 2.03. The van der Waals surface area contributed by atoms with Crippen LogP contribution in [0.15, 0.2) is 0 Å². The second-order valence-corrected chi connectivity index (χ2v) is 4.98. The van der Waals surface area contributed by atoms with Gasteiger partial charge in [0.15, 0.2) is 0 Å². The Labute approximate surface area is 73.3 Å². The van der Waals surface area contributed by atoms with Crippen molar-refractivity contribution >= 4 is 0 Å². The summed E-state index contributed by atoms with van der Waals surface area (Å²) < 4.78 is 0. The quantitative estimate of drug-likeness (QED) is 0.533. The van der Waals surface area contributed by atoms with Gasteiger partial charge in [-0.25, -0.2) is 0 Å². The molecular formula is C9H18N2O. The van der Waals surface area contributed by atoms with Crippen molar-refractivity contribution in [2.45, 2.75) is 25.9 Å². The lowest BCUT2D eigenvalue weighted by atomic mass is 9.74. The topological polar surface area (TPSA) is 58.3 Å². The first-order chi connectivity index (χ1) is 5.47. The molecule has 0 bridgehead atoms. The molecule has 2 rings (SSSR count). The Kier molecular flexibility index (Phi) is 1.43. The van der Waals surface area contributed by atoms with E-state index in [0.29, 0.717) is 19.6 Å². The normalized spacial score (nSPS) is 42.0. The van der Waals surface area contributed by atoms with Crippen molar-refractivity contribution in [3.8, 4) is 0 Å². The SMILES string of the molecule is CC1(C)CC1(CN)C1(O)CNC1. The number of β-amino-alcohol motifs (C(OH)–C–C–N with tert-alkyl or cyclic N) is 1. The van der Waals surface area contributed by atoms with Crippen LogP contribution >= 0.6 is 0 Å². The van der Waals surface area contributed by atoms with Gasteiger partial charge < -0.3 is 16.2 Å². The lowest BCUT2D eigenvalue weighted by molar-refractivity contribution is -0.0845. The molecule has 1 heterocycles. The van der Waals surface area contributed by atoms with E-state index in [4.69, 9.17) is 5.73 Å². The largest absolute Gasteiger partial charge is 0.387 e. The Bertz CT molecular complexity index is 211. The Balaban J connectivity index is 2.21. The van der Waals surface area contributed by atoms with Crippen LogP contribution < -0.4 is 11.1 Å². The minimum absolute atomic E-state index is 0.00868. The van der Waals surface area contributed by atoms with Gasteiger partial charge in [-0.2, -0.15) is 0 Å². The van der Waals surface area contributed by atoms with Gasteiger partial charge in [0.1, 0.15) is 0 Å². The fourth-order valence-corrected chi connectivity index (χ4v) is 2.74. The predicted molar refractivity (Wildman–Crippen MR) is 47.7 cm³/mol. The van der Waals surface area contributed by atoms with E-state index in [1.54, 1.807) is 0 Å². The zero-order valence-electron chi connectivity index (χ0n) is 7.85. The number of aliphatic hydroxyl groups is 1. The molecule has 0 aromatic carbocycles. The first-order valence-corrected chi connectivity index (χ1v) is 4.61. The van der Waals surface area contributed by atoms with Gasteiger partial charge in [-0.1, -0.05) is 13.8 Å². The van der Waals surface area contributed by atoms with Gasteiger partial charge in [-0.15, -0.1) is 0 Å². The van der Waals surface area contributed by atoms with Crippen molar-refractivity contribution < 1.29 is 5.11 Å². The number of nitrogens with one attached hydrogen (secondary N) is 1. The van der Waals surface area contributed by atoms with E-state index in [2.05, 4.69) is 19.2 Å². The minimum Gasteiger partial charge on any atom is -0.387 e. The number of hydrogen-bond donors (Lipinski definition) is 3. The molecule has 3 nitrogen and oxygen atoms in total. The van der Waals surface area contributed by atoms with Crippen LogP contribution in [-0.2, 0) is 0 Å². The fourth-order valence-electron chi connectivity index (χ4n) is 2.74. The van der Waals surface area contributed by atoms with Crippen molar-refractivity contribution in [2.24, 2.45) is 16.6 Å². The smallest absolute Gasteiger partial charge is 0.0968 e. The van der Waals surface area contributed by atoms with Crippen LogP contribution in [-0.4, -0.2) is 30.3 Å². The summed E-state index contributed by atoms with van der Waals surface area (Å²) >= 11 is 0. The Morgan fingerprint density at radius 1 is 1.42 bits per heavy atom. The van der Waals surface area contributed by atoms with E-state index in [1.807, 2.05) is 0 Å². The summed E-state index contributed by atoms with van der Waals surface area (Å²) in [5.41, 5.74) is 5.46. The van der Waals surface area contributed by atoms with Crippen LogP contribution in [0, 0.1) is 10.8 Å². The van der Waals surface area contributed by atoms with Gasteiger partial charge in [0, 0.05) is 25.0 Å². The zero-order valence-corrected chi connectivity index (χ0v) is 7.85. The lowest BCUT2D eigenvalue weighted by Gasteiger charge is -2.46. The maximum absolute atomic E-state index is 10.2. The fraction of sp³-hybridized carbons (Fsp3) is 1.00. The lowest BCUT2D eigenvalue weighted by Crippen LogP contribution is -2.67. The average Bonchev–Trinajstić information content (AvgIpc) is 2.50. The molecule has 70 valence electrons. The molecule has 0 radical (unpaired) electrons. The molecule has 0 aromatic heterocycles. The van der Waals surface area contributed by atoms with Gasteiger partial charge >= 0.3 is 0 Å². The van der Waals surface area contributed by atoms with Crippen LogP contribution in [0.2, 0.25) is 0 Å². The Hall–Kier alpha value is -0.120. The highest BCUT2D eigenvalue weighted by molar-refractivity contribution is 5.23. The van der Waals surface area contributed by atoms with Gasteiger partial charge in [-0.3, -0.25) is 0 Å². The molecule has 3 heteroatoms. The molecule has 2 aliphatic rings. The summed E-state index contributed by atoms with van der Waals surface area (Å²) in [6.45, 7) is 6.42.